The smallest absolute Gasteiger partial charge is 0.220 e. The molecule has 4 rings (SSSR count). The number of carbonyl (C=O) groups is 1. The van der Waals surface area contributed by atoms with Crippen LogP contribution in [-0.2, 0) is 4.79 Å². The summed E-state index contributed by atoms with van der Waals surface area (Å²) in [5.74, 6) is 0.704. The van der Waals surface area contributed by atoms with Gasteiger partial charge in [-0.3, -0.25) is 9.78 Å². The molecule has 1 atom stereocenters. The van der Waals surface area contributed by atoms with Crippen LogP contribution >= 0.6 is 0 Å². The van der Waals surface area contributed by atoms with E-state index in [1.165, 1.54) is 0 Å². The Balaban J connectivity index is 1.78. The van der Waals surface area contributed by atoms with Crippen LogP contribution < -0.4 is 11.1 Å². The van der Waals surface area contributed by atoms with E-state index in [-0.39, 0.29) is 23.8 Å². The minimum atomic E-state index is -0.0992. The van der Waals surface area contributed by atoms with E-state index in [1.54, 1.807) is 19.3 Å². The zero-order chi connectivity index (χ0) is 19.7. The number of hydrogen-bond acceptors (Lipinski definition) is 8. The topological polar surface area (TPSA) is 139 Å². The largest absolute Gasteiger partial charge is 0.379 e. The van der Waals surface area contributed by atoms with Crippen LogP contribution in [0.3, 0.4) is 0 Å². The summed E-state index contributed by atoms with van der Waals surface area (Å²) < 4.78 is 4.68. The molecule has 1 unspecified atom stereocenters. The molecule has 1 amide bonds. The van der Waals surface area contributed by atoms with Gasteiger partial charge in [0.05, 0.1) is 17.8 Å². The minimum absolute atomic E-state index is 0.0698. The highest BCUT2D eigenvalue weighted by Gasteiger charge is 2.31. The van der Waals surface area contributed by atoms with E-state index in [2.05, 4.69) is 42.1 Å². The first kappa shape index (κ1) is 18.4. The molecule has 10 nitrogen and oxygen atoms in total. The van der Waals surface area contributed by atoms with Crippen LogP contribution in [-0.4, -0.2) is 55.2 Å². The molecule has 4 N–H and O–H groups in total. The molecule has 0 spiro atoms. The second-order valence-electron chi connectivity index (χ2n) is 7.04. The average Bonchev–Trinajstić information content (AvgIpc) is 3.31. The van der Waals surface area contributed by atoms with Crippen LogP contribution in [0.15, 0.2) is 17.0 Å². The number of imidazole rings is 1. The van der Waals surface area contributed by atoms with Crippen molar-refractivity contribution in [3.05, 3.63) is 18.0 Å². The zero-order valence-corrected chi connectivity index (χ0v) is 16.0. The highest BCUT2D eigenvalue weighted by Crippen LogP contribution is 2.33. The van der Waals surface area contributed by atoms with Crippen molar-refractivity contribution in [2.45, 2.75) is 45.2 Å². The van der Waals surface area contributed by atoms with Gasteiger partial charge in [0.1, 0.15) is 5.52 Å². The van der Waals surface area contributed by atoms with Crippen molar-refractivity contribution in [3.63, 3.8) is 0 Å². The third-order valence-electron chi connectivity index (χ3n) is 5.32. The van der Waals surface area contributed by atoms with Gasteiger partial charge in [0, 0.05) is 24.7 Å². The second-order valence-corrected chi connectivity index (χ2v) is 7.04. The van der Waals surface area contributed by atoms with E-state index in [1.807, 2.05) is 4.90 Å². The number of hydrogen-bond donors (Lipinski definition) is 3. The number of carbonyl (C=O) groups excluding carboxylic acids is 1. The molecule has 0 aromatic carbocycles. The Labute approximate surface area is 161 Å². The maximum absolute atomic E-state index is 12.6. The highest BCUT2D eigenvalue weighted by molar-refractivity contribution is 5.83. The van der Waals surface area contributed by atoms with Gasteiger partial charge in [-0.25, -0.2) is 9.61 Å². The summed E-state index contributed by atoms with van der Waals surface area (Å²) >= 11 is 0. The molecule has 10 heteroatoms. The van der Waals surface area contributed by atoms with Gasteiger partial charge in [0.15, 0.2) is 17.3 Å². The van der Waals surface area contributed by atoms with Crippen LogP contribution in [0.2, 0.25) is 0 Å². The molecule has 3 aromatic heterocycles. The molecule has 0 aliphatic carbocycles. The Morgan fingerprint density at radius 3 is 2.79 bits per heavy atom. The molecule has 0 radical (unpaired) electrons. The number of amides is 1. The fourth-order valence-corrected chi connectivity index (χ4v) is 4.06. The van der Waals surface area contributed by atoms with Gasteiger partial charge in [-0.2, -0.15) is 0 Å². The van der Waals surface area contributed by atoms with E-state index in [0.717, 1.165) is 43.4 Å². The van der Waals surface area contributed by atoms with E-state index in [4.69, 9.17) is 5.73 Å². The van der Waals surface area contributed by atoms with E-state index < -0.39 is 0 Å². The minimum Gasteiger partial charge on any atom is -0.379 e. The predicted octanol–water partition coefficient (Wildman–Crippen LogP) is 1.64. The Bertz CT molecular complexity index is 975. The summed E-state index contributed by atoms with van der Waals surface area (Å²) in [6.07, 6.45) is 6.13. The molecule has 1 aliphatic rings. The first-order valence-electron chi connectivity index (χ1n) is 9.51. The van der Waals surface area contributed by atoms with Crippen molar-refractivity contribution in [3.8, 4) is 11.5 Å². The van der Waals surface area contributed by atoms with Crippen molar-refractivity contribution in [1.29, 1.82) is 0 Å². The molecule has 3 aromatic rings. The summed E-state index contributed by atoms with van der Waals surface area (Å²) in [5, 5.41) is 10.8. The summed E-state index contributed by atoms with van der Waals surface area (Å²) in [7, 11) is 0. The quantitative estimate of drug-likeness (QED) is 0.603. The number of aromatic nitrogens is 5. The lowest BCUT2D eigenvalue weighted by molar-refractivity contribution is -0.134. The van der Waals surface area contributed by atoms with Crippen molar-refractivity contribution in [2.24, 2.45) is 0 Å². The van der Waals surface area contributed by atoms with E-state index >= 15 is 0 Å². The number of nitrogens with zero attached hydrogens (tertiary/aromatic N) is 5. The summed E-state index contributed by atoms with van der Waals surface area (Å²) in [6.45, 7) is 5.55. The molecule has 4 heterocycles. The predicted molar refractivity (Wildman–Crippen MR) is 103 cm³/mol. The van der Waals surface area contributed by atoms with Gasteiger partial charge in [-0.15, -0.1) is 0 Å². The lowest BCUT2D eigenvalue weighted by atomic mass is 9.97. The number of piperidine rings is 1. The summed E-state index contributed by atoms with van der Waals surface area (Å²) in [4.78, 5) is 26.8. The molecular formula is C18H24N8O2. The fourth-order valence-electron chi connectivity index (χ4n) is 4.06. The Morgan fingerprint density at radius 2 is 2.14 bits per heavy atom. The van der Waals surface area contributed by atoms with Gasteiger partial charge in [0.25, 0.3) is 0 Å². The third-order valence-corrected chi connectivity index (χ3v) is 5.32. The third kappa shape index (κ3) is 3.19. The van der Waals surface area contributed by atoms with Crippen LogP contribution in [0.5, 0.6) is 0 Å². The SMILES string of the molecule is CCC(c1cncc2nc(-c3nonc3N)[nH]c12)N(C(C)=O)C1CCNCC1. The molecule has 28 heavy (non-hydrogen) atoms. The van der Waals surface area contributed by atoms with Gasteiger partial charge >= 0.3 is 0 Å². The number of rotatable bonds is 5. The lowest BCUT2D eigenvalue weighted by Crippen LogP contribution is -2.47. The van der Waals surface area contributed by atoms with E-state index in [0.29, 0.717) is 17.0 Å². The van der Waals surface area contributed by atoms with Gasteiger partial charge < -0.3 is 20.9 Å². The number of nitrogens with one attached hydrogen (secondary N) is 2. The molecular weight excluding hydrogens is 360 g/mol. The molecule has 148 valence electrons. The van der Waals surface area contributed by atoms with E-state index in [9.17, 15) is 4.79 Å². The number of nitrogens with two attached hydrogens (primary N) is 1. The standard InChI is InChI=1S/C18H24N8O2/c1-3-14(26(10(2)27)11-4-6-20-7-5-11)12-8-21-9-13-15(12)23-18(22-13)16-17(19)25-28-24-16/h8-9,11,14,20H,3-7H2,1-2H3,(H2,19,25)(H,22,23). The number of pyridine rings is 1. The van der Waals surface area contributed by atoms with Gasteiger partial charge in [-0.05, 0) is 42.7 Å². The van der Waals surface area contributed by atoms with Crippen LogP contribution in [0, 0.1) is 0 Å². The van der Waals surface area contributed by atoms with Crippen molar-refractivity contribution >= 4 is 22.8 Å². The maximum atomic E-state index is 12.6. The molecule has 0 bridgehead atoms. The molecule has 1 fully saturated rings. The second kappa shape index (κ2) is 7.55. The average molecular weight is 384 g/mol. The summed E-state index contributed by atoms with van der Waals surface area (Å²) in [5.41, 5.74) is 8.59. The Hall–Kier alpha value is -3.01. The number of anilines is 1. The first-order valence-corrected chi connectivity index (χ1v) is 9.51. The lowest BCUT2D eigenvalue weighted by Gasteiger charge is -2.39. The Kier molecular flexibility index (Phi) is 4.95. The molecule has 1 aliphatic heterocycles. The van der Waals surface area contributed by atoms with Gasteiger partial charge in [0.2, 0.25) is 5.91 Å². The fraction of sp³-hybridized carbons (Fsp3) is 0.500. The van der Waals surface area contributed by atoms with Crippen molar-refractivity contribution in [2.75, 3.05) is 18.8 Å². The number of H-pyrrole nitrogens is 1. The summed E-state index contributed by atoms with van der Waals surface area (Å²) in [6, 6.07) is 0.106. The van der Waals surface area contributed by atoms with Crippen LogP contribution in [0.1, 0.15) is 44.7 Å². The van der Waals surface area contributed by atoms with Crippen LogP contribution in [0.25, 0.3) is 22.6 Å². The van der Waals surface area contributed by atoms with Gasteiger partial charge in [-0.1, -0.05) is 6.92 Å². The first-order chi connectivity index (χ1) is 13.6. The van der Waals surface area contributed by atoms with Crippen molar-refractivity contribution in [1.82, 2.24) is 35.5 Å². The Morgan fingerprint density at radius 1 is 1.36 bits per heavy atom. The number of fused-ring (bicyclic) bond motifs is 1. The van der Waals surface area contributed by atoms with Crippen LogP contribution in [0.4, 0.5) is 5.82 Å². The maximum Gasteiger partial charge on any atom is 0.220 e. The number of aromatic amines is 1. The van der Waals surface area contributed by atoms with Crippen molar-refractivity contribution < 1.29 is 9.42 Å². The monoisotopic (exact) mass is 384 g/mol. The highest BCUT2D eigenvalue weighted by atomic mass is 16.6. The molecule has 0 saturated carbocycles. The zero-order valence-electron chi connectivity index (χ0n) is 16.0. The normalized spacial score (nSPS) is 16.4. The molecule has 1 saturated heterocycles. The number of nitrogen functional groups attached to an aromatic ring is 1.